The Balaban J connectivity index is 1.62. The second-order valence-corrected chi connectivity index (χ2v) is 7.39. The van der Waals surface area contributed by atoms with Crippen molar-refractivity contribution in [1.82, 2.24) is 5.43 Å². The predicted molar refractivity (Wildman–Crippen MR) is 118 cm³/mol. The first kappa shape index (κ1) is 20.9. The van der Waals surface area contributed by atoms with Gasteiger partial charge in [0, 0.05) is 15.1 Å². The van der Waals surface area contributed by atoms with Crippen molar-refractivity contribution in [1.29, 1.82) is 0 Å². The molecule has 0 spiro atoms. The van der Waals surface area contributed by atoms with Crippen LogP contribution in [0.1, 0.15) is 21.5 Å². The number of hydrazone groups is 1. The van der Waals surface area contributed by atoms with E-state index in [9.17, 15) is 4.79 Å². The highest BCUT2D eigenvalue weighted by atomic mass is 79.9. The number of rotatable bonds is 7. The first-order valence-electron chi connectivity index (χ1n) is 8.69. The van der Waals surface area contributed by atoms with Gasteiger partial charge in [-0.25, -0.2) is 5.43 Å². The SMILES string of the molecule is COc1cc(C=NNC(=O)c2cccc(Br)c2)ccc1OCc1ccc(Cl)cc1. The van der Waals surface area contributed by atoms with Crippen LogP contribution in [0.15, 0.2) is 76.3 Å². The normalized spacial score (nSPS) is 10.7. The summed E-state index contributed by atoms with van der Waals surface area (Å²) < 4.78 is 12.1. The molecule has 0 saturated carbocycles. The second kappa shape index (κ2) is 10.1. The molecule has 0 aliphatic heterocycles. The minimum atomic E-state index is -0.294. The number of hydrogen-bond donors (Lipinski definition) is 1. The Hall–Kier alpha value is -2.83. The molecule has 0 fully saturated rings. The first-order chi connectivity index (χ1) is 14.0. The van der Waals surface area contributed by atoms with E-state index in [2.05, 4.69) is 26.5 Å². The molecule has 7 heteroatoms. The number of carbonyl (C=O) groups is 1. The minimum absolute atomic E-state index is 0.294. The van der Waals surface area contributed by atoms with Crippen molar-refractivity contribution < 1.29 is 14.3 Å². The van der Waals surface area contributed by atoms with Gasteiger partial charge in [0.05, 0.1) is 13.3 Å². The summed E-state index contributed by atoms with van der Waals surface area (Å²) in [5, 5.41) is 4.69. The van der Waals surface area contributed by atoms with E-state index < -0.39 is 0 Å². The monoisotopic (exact) mass is 472 g/mol. The first-order valence-corrected chi connectivity index (χ1v) is 9.86. The average molecular weight is 474 g/mol. The zero-order valence-corrected chi connectivity index (χ0v) is 17.9. The van der Waals surface area contributed by atoms with Crippen LogP contribution in [0.4, 0.5) is 0 Å². The van der Waals surface area contributed by atoms with E-state index in [0.717, 1.165) is 15.6 Å². The van der Waals surface area contributed by atoms with Crippen LogP contribution in [0.2, 0.25) is 5.02 Å². The van der Waals surface area contributed by atoms with Crippen molar-refractivity contribution in [2.75, 3.05) is 7.11 Å². The number of carbonyl (C=O) groups excluding carboxylic acids is 1. The van der Waals surface area contributed by atoms with E-state index in [1.165, 1.54) is 0 Å². The van der Waals surface area contributed by atoms with Crippen LogP contribution >= 0.6 is 27.5 Å². The zero-order chi connectivity index (χ0) is 20.6. The summed E-state index contributed by atoms with van der Waals surface area (Å²) in [4.78, 5) is 12.1. The number of hydrogen-bond acceptors (Lipinski definition) is 4. The van der Waals surface area contributed by atoms with Gasteiger partial charge >= 0.3 is 0 Å². The molecule has 0 radical (unpaired) electrons. The molecule has 3 aromatic rings. The summed E-state index contributed by atoms with van der Waals surface area (Å²) in [7, 11) is 1.57. The van der Waals surface area contributed by atoms with E-state index in [-0.39, 0.29) is 5.91 Å². The standard InChI is InChI=1S/C22H18BrClN2O3/c1-28-21-11-16(13-25-26-22(27)17-3-2-4-18(23)12-17)7-10-20(21)29-14-15-5-8-19(24)9-6-15/h2-13H,14H2,1H3,(H,26,27). The number of ether oxygens (including phenoxy) is 2. The zero-order valence-electron chi connectivity index (χ0n) is 15.6. The van der Waals surface area contributed by atoms with E-state index in [4.69, 9.17) is 21.1 Å². The lowest BCUT2D eigenvalue weighted by Gasteiger charge is -2.11. The number of nitrogens with one attached hydrogen (secondary N) is 1. The van der Waals surface area contributed by atoms with Crippen molar-refractivity contribution in [3.8, 4) is 11.5 Å². The van der Waals surface area contributed by atoms with Gasteiger partial charge in [-0.15, -0.1) is 0 Å². The van der Waals surface area contributed by atoms with Gasteiger partial charge < -0.3 is 9.47 Å². The summed E-state index contributed by atoms with van der Waals surface area (Å²) >= 11 is 9.23. The number of amides is 1. The Bertz CT molecular complexity index is 1020. The summed E-state index contributed by atoms with van der Waals surface area (Å²) in [6.45, 7) is 0.393. The van der Waals surface area contributed by atoms with Crippen LogP contribution in [0, 0.1) is 0 Å². The van der Waals surface area contributed by atoms with Crippen LogP contribution in [-0.4, -0.2) is 19.2 Å². The summed E-state index contributed by atoms with van der Waals surface area (Å²) in [6.07, 6.45) is 1.54. The molecule has 0 aliphatic carbocycles. The lowest BCUT2D eigenvalue weighted by Crippen LogP contribution is -2.17. The van der Waals surface area contributed by atoms with Gasteiger partial charge in [0.25, 0.3) is 5.91 Å². The van der Waals surface area contributed by atoms with E-state index in [1.807, 2.05) is 36.4 Å². The van der Waals surface area contributed by atoms with Gasteiger partial charge in [0.1, 0.15) is 6.61 Å². The molecular weight excluding hydrogens is 456 g/mol. The summed E-state index contributed by atoms with van der Waals surface area (Å²) in [5.74, 6) is 0.886. The molecule has 0 bridgehead atoms. The van der Waals surface area contributed by atoms with E-state index in [0.29, 0.717) is 28.7 Å². The fraction of sp³-hybridized carbons (Fsp3) is 0.0909. The third kappa shape index (κ3) is 6.07. The molecule has 148 valence electrons. The largest absolute Gasteiger partial charge is 0.493 e. The highest BCUT2D eigenvalue weighted by molar-refractivity contribution is 9.10. The number of nitrogens with zero attached hydrogens (tertiary/aromatic N) is 1. The van der Waals surface area contributed by atoms with Crippen LogP contribution in [0.3, 0.4) is 0 Å². The van der Waals surface area contributed by atoms with Crippen LogP contribution < -0.4 is 14.9 Å². The lowest BCUT2D eigenvalue weighted by molar-refractivity contribution is 0.0955. The third-order valence-electron chi connectivity index (χ3n) is 3.96. The Morgan fingerprint density at radius 2 is 1.90 bits per heavy atom. The van der Waals surface area contributed by atoms with Crippen LogP contribution in [0.25, 0.3) is 0 Å². The lowest BCUT2D eigenvalue weighted by atomic mass is 10.2. The number of halogens is 2. The topological polar surface area (TPSA) is 59.9 Å². The molecular formula is C22H18BrClN2O3. The molecule has 3 rings (SSSR count). The molecule has 1 N–H and O–H groups in total. The fourth-order valence-electron chi connectivity index (χ4n) is 2.49. The molecule has 0 heterocycles. The van der Waals surface area contributed by atoms with Gasteiger partial charge in [-0.05, 0) is 59.7 Å². The fourth-order valence-corrected chi connectivity index (χ4v) is 3.01. The van der Waals surface area contributed by atoms with E-state index in [1.54, 1.807) is 43.7 Å². The Morgan fingerprint density at radius 3 is 2.62 bits per heavy atom. The molecule has 5 nitrogen and oxygen atoms in total. The maximum atomic E-state index is 12.1. The molecule has 0 aromatic heterocycles. The molecule has 29 heavy (non-hydrogen) atoms. The van der Waals surface area contributed by atoms with Gasteiger partial charge in [-0.1, -0.05) is 45.7 Å². The predicted octanol–water partition coefficient (Wildman–Crippen LogP) is 5.45. The van der Waals surface area contributed by atoms with Crippen molar-refractivity contribution in [2.24, 2.45) is 5.10 Å². The molecule has 0 saturated heterocycles. The molecule has 0 aliphatic rings. The Morgan fingerprint density at radius 1 is 1.10 bits per heavy atom. The Labute approximate surface area is 182 Å². The average Bonchev–Trinajstić information content (AvgIpc) is 2.73. The van der Waals surface area contributed by atoms with Crippen molar-refractivity contribution >= 4 is 39.7 Å². The maximum absolute atomic E-state index is 12.1. The Kier molecular flexibility index (Phi) is 7.27. The van der Waals surface area contributed by atoms with Crippen LogP contribution in [0.5, 0.6) is 11.5 Å². The van der Waals surface area contributed by atoms with Crippen molar-refractivity contribution in [3.63, 3.8) is 0 Å². The van der Waals surface area contributed by atoms with Crippen LogP contribution in [-0.2, 0) is 6.61 Å². The van der Waals surface area contributed by atoms with Gasteiger partial charge in [-0.2, -0.15) is 5.10 Å². The van der Waals surface area contributed by atoms with E-state index >= 15 is 0 Å². The second-order valence-electron chi connectivity index (χ2n) is 6.03. The smallest absolute Gasteiger partial charge is 0.271 e. The third-order valence-corrected chi connectivity index (χ3v) is 4.71. The van der Waals surface area contributed by atoms with Gasteiger partial charge in [0.15, 0.2) is 11.5 Å². The highest BCUT2D eigenvalue weighted by Gasteiger charge is 2.07. The minimum Gasteiger partial charge on any atom is -0.493 e. The molecule has 0 atom stereocenters. The molecule has 3 aromatic carbocycles. The summed E-state index contributed by atoms with van der Waals surface area (Å²) in [5.41, 5.74) is 4.78. The maximum Gasteiger partial charge on any atom is 0.271 e. The molecule has 0 unspecified atom stereocenters. The number of methoxy groups -OCH3 is 1. The van der Waals surface area contributed by atoms with Crippen molar-refractivity contribution in [3.05, 3.63) is 92.9 Å². The molecule has 1 amide bonds. The van der Waals surface area contributed by atoms with Gasteiger partial charge in [-0.3, -0.25) is 4.79 Å². The van der Waals surface area contributed by atoms with Crippen molar-refractivity contribution in [2.45, 2.75) is 6.61 Å². The number of benzene rings is 3. The van der Waals surface area contributed by atoms with Gasteiger partial charge in [0.2, 0.25) is 0 Å². The summed E-state index contributed by atoms with van der Waals surface area (Å²) in [6, 6.07) is 19.9. The quantitative estimate of drug-likeness (QED) is 0.366. The highest BCUT2D eigenvalue weighted by Crippen LogP contribution is 2.28.